The lowest BCUT2D eigenvalue weighted by molar-refractivity contribution is -0.150. The van der Waals surface area contributed by atoms with Crippen LogP contribution in [0.25, 0.3) is 0 Å². The van der Waals surface area contributed by atoms with Crippen molar-refractivity contribution in [2.75, 3.05) is 20.6 Å². The van der Waals surface area contributed by atoms with Crippen LogP contribution in [0.15, 0.2) is 0 Å². The largest absolute Gasteiger partial charge is 0.462 e. The second-order valence-corrected chi connectivity index (χ2v) is 19.2. The molecule has 0 heterocycles. The van der Waals surface area contributed by atoms with Crippen molar-refractivity contribution in [1.82, 2.24) is 4.90 Å². The fourth-order valence-corrected chi connectivity index (χ4v) is 7.86. The lowest BCUT2D eigenvalue weighted by atomic mass is 9.89. The molecule has 0 aromatic carbocycles. The zero-order valence-electron chi connectivity index (χ0n) is 36.6. The zero-order chi connectivity index (χ0) is 37.7. The normalized spacial score (nSPS) is 16.5. The van der Waals surface area contributed by atoms with Gasteiger partial charge in [-0.1, -0.05) is 185 Å². The van der Waals surface area contributed by atoms with Crippen LogP contribution in [-0.2, 0) is 9.53 Å². The molecular formula is C47H95NO2. The summed E-state index contributed by atoms with van der Waals surface area (Å²) in [6.45, 7) is 25.0. The number of carbonyl (C=O) groups excluding carboxylic acids is 1. The maximum absolute atomic E-state index is 12.8. The predicted molar refractivity (Wildman–Crippen MR) is 224 cm³/mol. The summed E-state index contributed by atoms with van der Waals surface area (Å²) in [4.78, 5) is 14.9. The zero-order valence-corrected chi connectivity index (χ0v) is 36.6. The molecule has 0 aliphatic carbocycles. The van der Waals surface area contributed by atoms with Crippen molar-refractivity contribution >= 4 is 5.97 Å². The lowest BCUT2D eigenvalue weighted by Gasteiger charge is -2.22. The number of ether oxygens (including phenoxy) is 1. The van der Waals surface area contributed by atoms with Gasteiger partial charge in [-0.25, -0.2) is 0 Å². The average molecular weight is 706 g/mol. The number of hydrogen-bond acceptors (Lipinski definition) is 3. The Morgan fingerprint density at radius 2 is 0.680 bits per heavy atom. The van der Waals surface area contributed by atoms with Gasteiger partial charge < -0.3 is 9.64 Å². The van der Waals surface area contributed by atoms with Crippen molar-refractivity contribution in [2.24, 2.45) is 47.3 Å². The molecular weight excluding hydrogens is 611 g/mol. The third-order valence-corrected chi connectivity index (χ3v) is 11.8. The molecule has 0 rings (SSSR count). The third kappa shape index (κ3) is 33.3. The highest BCUT2D eigenvalue weighted by Crippen LogP contribution is 2.27. The molecule has 0 saturated heterocycles. The minimum Gasteiger partial charge on any atom is -0.462 e. The molecule has 0 N–H and O–H groups in total. The summed E-state index contributed by atoms with van der Waals surface area (Å²) < 4.78 is 6.16. The minimum absolute atomic E-state index is 0.0169. The van der Waals surface area contributed by atoms with Crippen LogP contribution in [0.1, 0.15) is 223 Å². The Morgan fingerprint density at radius 1 is 0.400 bits per heavy atom. The van der Waals surface area contributed by atoms with Crippen LogP contribution >= 0.6 is 0 Å². The van der Waals surface area contributed by atoms with Gasteiger partial charge in [0.15, 0.2) is 0 Å². The van der Waals surface area contributed by atoms with Gasteiger partial charge in [0.05, 0.1) is 0 Å². The van der Waals surface area contributed by atoms with E-state index in [1.54, 1.807) is 0 Å². The number of hydrogen-bond donors (Lipinski definition) is 0. The Labute approximate surface area is 317 Å². The average Bonchev–Trinajstić information content (AvgIpc) is 3.01. The van der Waals surface area contributed by atoms with Crippen molar-refractivity contribution in [1.29, 1.82) is 0 Å². The fourth-order valence-electron chi connectivity index (χ4n) is 7.86. The quantitative estimate of drug-likeness (QED) is 0.0615. The minimum atomic E-state index is 0.0169. The van der Waals surface area contributed by atoms with Gasteiger partial charge in [-0.3, -0.25) is 4.79 Å². The van der Waals surface area contributed by atoms with Gasteiger partial charge in [0.1, 0.15) is 6.10 Å². The summed E-state index contributed by atoms with van der Waals surface area (Å²) in [7, 11) is 4.15. The molecule has 0 radical (unpaired) electrons. The van der Waals surface area contributed by atoms with Crippen molar-refractivity contribution in [2.45, 2.75) is 229 Å². The first kappa shape index (κ1) is 49.4. The highest BCUT2D eigenvalue weighted by Gasteiger charge is 2.18. The first-order valence-electron chi connectivity index (χ1n) is 22.5. The first-order chi connectivity index (χ1) is 23.7. The van der Waals surface area contributed by atoms with Gasteiger partial charge in [0.25, 0.3) is 0 Å². The van der Waals surface area contributed by atoms with E-state index in [1.807, 2.05) is 0 Å². The van der Waals surface area contributed by atoms with Crippen molar-refractivity contribution in [3.05, 3.63) is 0 Å². The predicted octanol–water partition coefficient (Wildman–Crippen LogP) is 15.0. The Kier molecular flexibility index (Phi) is 31.5. The first-order valence-corrected chi connectivity index (χ1v) is 22.5. The smallest absolute Gasteiger partial charge is 0.306 e. The molecule has 300 valence electrons. The third-order valence-electron chi connectivity index (χ3n) is 11.8. The van der Waals surface area contributed by atoms with Crippen LogP contribution in [0.3, 0.4) is 0 Å². The molecule has 0 amide bonds. The van der Waals surface area contributed by atoms with Crippen molar-refractivity contribution in [3.8, 4) is 0 Å². The van der Waals surface area contributed by atoms with Gasteiger partial charge in [0, 0.05) is 6.42 Å². The van der Waals surface area contributed by atoms with Gasteiger partial charge >= 0.3 is 5.97 Å². The molecule has 0 aromatic heterocycles. The molecule has 50 heavy (non-hydrogen) atoms. The second-order valence-electron chi connectivity index (χ2n) is 19.2. The number of nitrogens with zero attached hydrogens (tertiary/aromatic N) is 1. The summed E-state index contributed by atoms with van der Waals surface area (Å²) in [5.74, 6) is 6.60. The van der Waals surface area contributed by atoms with Crippen molar-refractivity contribution in [3.63, 3.8) is 0 Å². The molecule has 0 aliphatic heterocycles. The second kappa shape index (κ2) is 31.9. The number of esters is 1. The van der Waals surface area contributed by atoms with Crippen molar-refractivity contribution < 1.29 is 9.53 Å². The molecule has 3 heteroatoms. The van der Waals surface area contributed by atoms with Crippen LogP contribution < -0.4 is 0 Å². The van der Waals surface area contributed by atoms with Gasteiger partial charge in [-0.15, -0.1) is 0 Å². The van der Waals surface area contributed by atoms with Crippen LogP contribution in [-0.4, -0.2) is 37.6 Å². The maximum atomic E-state index is 12.8. The van der Waals surface area contributed by atoms with Gasteiger partial charge in [-0.2, -0.15) is 0 Å². The molecule has 0 aromatic rings. The highest BCUT2D eigenvalue weighted by molar-refractivity contribution is 5.69. The monoisotopic (exact) mass is 706 g/mol. The van der Waals surface area contributed by atoms with Crippen LogP contribution in [0.4, 0.5) is 0 Å². The molecule has 0 spiro atoms. The topological polar surface area (TPSA) is 29.5 Å². The fraction of sp³-hybridized carbons (Fsp3) is 0.979. The van der Waals surface area contributed by atoms with E-state index in [2.05, 4.69) is 88.2 Å². The maximum Gasteiger partial charge on any atom is 0.306 e. The number of rotatable bonds is 35. The standard InChI is InChI=1S/C47H95NO2/c1-38(2)20-13-22-40(5)24-15-26-42(7)28-17-30-44(9)33-35-46(50-47(49)32-19-37-48(11)12)36-34-45(10)31-18-29-43(8)27-16-25-41(6)23-14-21-39(3)4/h38-46H,13-37H2,1-12H3. The summed E-state index contributed by atoms with van der Waals surface area (Å²) in [5, 5.41) is 0. The molecule has 0 bridgehead atoms. The van der Waals surface area contributed by atoms with Crippen LogP contribution in [0.5, 0.6) is 0 Å². The highest BCUT2D eigenvalue weighted by atomic mass is 16.5. The Balaban J connectivity index is 4.46. The van der Waals surface area contributed by atoms with E-state index in [9.17, 15) is 4.79 Å². The molecule has 0 saturated carbocycles. The van der Waals surface area contributed by atoms with Crippen LogP contribution in [0, 0.1) is 47.3 Å². The van der Waals surface area contributed by atoms with E-state index in [0.717, 1.165) is 61.3 Å². The van der Waals surface area contributed by atoms with Crippen LogP contribution in [0.2, 0.25) is 0 Å². The molecule has 0 fully saturated rings. The Hall–Kier alpha value is -0.570. The summed E-state index contributed by atoms with van der Waals surface area (Å²) in [6.07, 6.45) is 30.8. The van der Waals surface area contributed by atoms with E-state index in [4.69, 9.17) is 4.74 Å². The van der Waals surface area contributed by atoms with E-state index < -0.39 is 0 Å². The summed E-state index contributed by atoms with van der Waals surface area (Å²) >= 11 is 0. The Morgan fingerprint density at radius 3 is 0.960 bits per heavy atom. The number of carbonyl (C=O) groups is 1. The lowest BCUT2D eigenvalue weighted by Crippen LogP contribution is -2.21. The molecule has 3 nitrogen and oxygen atoms in total. The van der Waals surface area contributed by atoms with Gasteiger partial charge in [0.2, 0.25) is 0 Å². The van der Waals surface area contributed by atoms with E-state index in [0.29, 0.717) is 18.3 Å². The molecule has 6 atom stereocenters. The molecule has 6 unspecified atom stereocenters. The Bertz CT molecular complexity index is 699. The van der Waals surface area contributed by atoms with E-state index >= 15 is 0 Å². The van der Waals surface area contributed by atoms with E-state index in [1.165, 1.54) is 128 Å². The SMILES string of the molecule is CC(C)CCCC(C)CCCC(C)CCCC(C)CCC(CCC(C)CCCC(C)CCCC(C)CCCC(C)C)OC(=O)CCCN(C)C. The summed E-state index contributed by atoms with van der Waals surface area (Å²) in [6, 6.07) is 0. The molecule has 0 aliphatic rings. The van der Waals surface area contributed by atoms with E-state index in [-0.39, 0.29) is 12.1 Å². The summed E-state index contributed by atoms with van der Waals surface area (Å²) in [5.41, 5.74) is 0. The van der Waals surface area contributed by atoms with Gasteiger partial charge in [-0.05, 0) is 100 Å².